The van der Waals surface area contributed by atoms with E-state index in [0.29, 0.717) is 4.90 Å². The van der Waals surface area contributed by atoms with Crippen molar-refractivity contribution in [1.29, 1.82) is 0 Å². The predicted octanol–water partition coefficient (Wildman–Crippen LogP) is 5.45. The van der Waals surface area contributed by atoms with Gasteiger partial charge in [0.1, 0.15) is 11.3 Å². The van der Waals surface area contributed by atoms with E-state index in [0.717, 1.165) is 45.3 Å². The Morgan fingerprint density at radius 1 is 0.919 bits per heavy atom. The standard InChI is InChI=1S/C30H29BO5S/c1-29(2)30(3,4)36-31(35-29)20-11-13-22-21-12-9-19(16-25(21)34-26(22)17-20)18-10-14-28-24(15-18)23-7-5-6-8-27(23)37(28,32)33/h5-15,17,19,23,27H,16H2,1-4H3. The molecule has 2 aliphatic heterocycles. The largest absolute Gasteiger partial charge is 0.494 e. The second kappa shape index (κ2) is 7.59. The zero-order valence-corrected chi connectivity index (χ0v) is 22.2. The summed E-state index contributed by atoms with van der Waals surface area (Å²) in [4.78, 5) is 0.460. The van der Waals surface area contributed by atoms with E-state index in [4.69, 9.17) is 13.7 Å². The summed E-state index contributed by atoms with van der Waals surface area (Å²) in [6, 6.07) is 12.0. The molecule has 0 amide bonds. The van der Waals surface area contributed by atoms with Gasteiger partial charge in [0.25, 0.3) is 0 Å². The summed E-state index contributed by atoms with van der Waals surface area (Å²) in [6.07, 6.45) is 12.6. The molecule has 37 heavy (non-hydrogen) atoms. The van der Waals surface area contributed by atoms with Crippen molar-refractivity contribution in [3.8, 4) is 0 Å². The molecular formula is C30H29BO5S. The van der Waals surface area contributed by atoms with Gasteiger partial charge in [-0.25, -0.2) is 8.42 Å². The minimum Gasteiger partial charge on any atom is -0.460 e. The maximum atomic E-state index is 13.0. The predicted molar refractivity (Wildman–Crippen MR) is 146 cm³/mol. The molecule has 0 saturated carbocycles. The van der Waals surface area contributed by atoms with E-state index in [1.165, 1.54) is 0 Å². The zero-order valence-electron chi connectivity index (χ0n) is 21.4. The minimum atomic E-state index is -3.34. The highest BCUT2D eigenvalue weighted by Crippen LogP contribution is 2.45. The fraction of sp³-hybridized carbons (Fsp3) is 0.333. The van der Waals surface area contributed by atoms with E-state index in [-0.39, 0.29) is 11.8 Å². The first-order valence-electron chi connectivity index (χ1n) is 12.9. The Balaban J connectivity index is 1.20. The Morgan fingerprint density at radius 3 is 2.46 bits per heavy atom. The first-order valence-corrected chi connectivity index (χ1v) is 14.4. The van der Waals surface area contributed by atoms with E-state index >= 15 is 0 Å². The first-order chi connectivity index (χ1) is 17.5. The van der Waals surface area contributed by atoms with Crippen LogP contribution in [0.2, 0.25) is 0 Å². The third-order valence-corrected chi connectivity index (χ3v) is 11.0. The summed E-state index contributed by atoms with van der Waals surface area (Å²) in [5.41, 5.74) is 4.09. The summed E-state index contributed by atoms with van der Waals surface area (Å²) in [7, 11) is -3.78. The van der Waals surface area contributed by atoms with Crippen molar-refractivity contribution in [3.05, 3.63) is 89.2 Å². The van der Waals surface area contributed by atoms with E-state index < -0.39 is 33.4 Å². The normalized spacial score (nSPS) is 27.9. The molecule has 3 aromatic rings. The molecule has 3 heterocycles. The molecule has 1 saturated heterocycles. The van der Waals surface area contributed by atoms with Crippen molar-refractivity contribution in [2.24, 2.45) is 0 Å². The van der Waals surface area contributed by atoms with Crippen LogP contribution in [-0.4, -0.2) is 32.0 Å². The highest BCUT2D eigenvalue weighted by Gasteiger charge is 2.51. The summed E-state index contributed by atoms with van der Waals surface area (Å²) in [5, 5.41) is 0.580. The van der Waals surface area contributed by atoms with Gasteiger partial charge < -0.3 is 13.7 Å². The number of hydrogen-bond acceptors (Lipinski definition) is 5. The van der Waals surface area contributed by atoms with Crippen molar-refractivity contribution in [2.45, 2.75) is 67.3 Å². The number of fused-ring (bicyclic) bond motifs is 6. The lowest BCUT2D eigenvalue weighted by Gasteiger charge is -2.32. The fourth-order valence-electron chi connectivity index (χ4n) is 5.98. The molecule has 7 heteroatoms. The summed E-state index contributed by atoms with van der Waals surface area (Å²) >= 11 is 0. The molecule has 2 aromatic carbocycles. The Hall–Kier alpha value is -2.87. The molecule has 188 valence electrons. The number of sulfone groups is 1. The number of rotatable bonds is 2. The second-order valence-corrected chi connectivity index (χ2v) is 13.6. The fourth-order valence-corrected chi connectivity index (χ4v) is 7.98. The molecule has 1 fully saturated rings. The lowest BCUT2D eigenvalue weighted by Crippen LogP contribution is -2.41. The second-order valence-electron chi connectivity index (χ2n) is 11.6. The molecule has 4 aliphatic rings. The van der Waals surface area contributed by atoms with Crippen LogP contribution in [0.25, 0.3) is 17.0 Å². The molecule has 3 atom stereocenters. The quantitative estimate of drug-likeness (QED) is 0.428. The van der Waals surface area contributed by atoms with Gasteiger partial charge in [0.05, 0.1) is 21.3 Å². The van der Waals surface area contributed by atoms with Gasteiger partial charge in [-0.2, -0.15) is 0 Å². The lowest BCUT2D eigenvalue weighted by molar-refractivity contribution is 0.00578. The third kappa shape index (κ3) is 3.34. The number of furan rings is 1. The Morgan fingerprint density at radius 2 is 1.68 bits per heavy atom. The monoisotopic (exact) mass is 512 g/mol. The van der Waals surface area contributed by atoms with E-state index in [9.17, 15) is 8.42 Å². The molecule has 7 rings (SSSR count). The van der Waals surface area contributed by atoms with Gasteiger partial charge in [-0.05, 0) is 56.4 Å². The maximum absolute atomic E-state index is 13.0. The SMILES string of the molecule is CC1(C)OB(c2ccc3c4c(oc3c2)CC(c2ccc3c(c2)C2C=CC=CC2S3(=O)=O)C=C4)OC1(C)C. The van der Waals surface area contributed by atoms with Gasteiger partial charge >= 0.3 is 7.12 Å². The minimum absolute atomic E-state index is 0.116. The van der Waals surface area contributed by atoms with Crippen LogP contribution in [0, 0.1) is 0 Å². The number of hydrogen-bond donors (Lipinski definition) is 0. The highest BCUT2D eigenvalue weighted by atomic mass is 32.2. The zero-order chi connectivity index (χ0) is 25.7. The number of allylic oxidation sites excluding steroid dienone is 4. The van der Waals surface area contributed by atoms with Crippen LogP contribution in [0.3, 0.4) is 0 Å². The van der Waals surface area contributed by atoms with Gasteiger partial charge in [0.15, 0.2) is 9.84 Å². The van der Waals surface area contributed by atoms with Crippen molar-refractivity contribution < 1.29 is 22.1 Å². The van der Waals surface area contributed by atoms with Crippen LogP contribution < -0.4 is 5.46 Å². The van der Waals surface area contributed by atoms with Crippen LogP contribution >= 0.6 is 0 Å². The molecule has 1 aromatic heterocycles. The lowest BCUT2D eigenvalue weighted by atomic mass is 9.78. The van der Waals surface area contributed by atoms with Crippen LogP contribution in [0.1, 0.15) is 62.0 Å². The van der Waals surface area contributed by atoms with Crippen molar-refractivity contribution >= 4 is 39.5 Å². The molecule has 0 bridgehead atoms. The summed E-state index contributed by atoms with van der Waals surface area (Å²) in [5.74, 6) is 0.943. The molecule has 2 aliphatic carbocycles. The third-order valence-electron chi connectivity index (χ3n) is 8.83. The highest BCUT2D eigenvalue weighted by molar-refractivity contribution is 7.92. The molecule has 3 unspecified atom stereocenters. The van der Waals surface area contributed by atoms with E-state index in [1.807, 2.05) is 30.4 Å². The van der Waals surface area contributed by atoms with Gasteiger partial charge in [-0.3, -0.25) is 0 Å². The van der Waals surface area contributed by atoms with E-state index in [1.54, 1.807) is 12.1 Å². The van der Waals surface area contributed by atoms with Gasteiger partial charge in [0, 0.05) is 29.2 Å². The van der Waals surface area contributed by atoms with Crippen molar-refractivity contribution in [3.63, 3.8) is 0 Å². The Labute approximate surface area is 217 Å². The van der Waals surface area contributed by atoms with Crippen molar-refractivity contribution in [1.82, 2.24) is 0 Å². The van der Waals surface area contributed by atoms with Crippen molar-refractivity contribution in [2.75, 3.05) is 0 Å². The Bertz CT molecular complexity index is 1640. The van der Waals surface area contributed by atoms with Gasteiger partial charge in [0.2, 0.25) is 0 Å². The molecule has 5 nitrogen and oxygen atoms in total. The van der Waals surface area contributed by atoms with Crippen LogP contribution in [0.15, 0.2) is 76.1 Å². The first kappa shape index (κ1) is 23.3. The topological polar surface area (TPSA) is 65.7 Å². The smallest absolute Gasteiger partial charge is 0.460 e. The van der Waals surface area contributed by atoms with Crippen LogP contribution in [-0.2, 0) is 25.6 Å². The van der Waals surface area contributed by atoms with Gasteiger partial charge in [-0.15, -0.1) is 0 Å². The molecule has 0 spiro atoms. The molecule has 0 radical (unpaired) electrons. The van der Waals surface area contributed by atoms with Crippen LogP contribution in [0.5, 0.6) is 0 Å². The summed E-state index contributed by atoms with van der Waals surface area (Å²) < 4.78 is 44.9. The van der Waals surface area contributed by atoms with Gasteiger partial charge in [-0.1, -0.05) is 60.7 Å². The molecular weight excluding hydrogens is 483 g/mol. The molecule has 0 N–H and O–H groups in total. The summed E-state index contributed by atoms with van der Waals surface area (Å²) in [6.45, 7) is 8.21. The number of benzene rings is 2. The van der Waals surface area contributed by atoms with E-state index in [2.05, 4.69) is 58.0 Å². The van der Waals surface area contributed by atoms with Crippen LogP contribution in [0.4, 0.5) is 0 Å². The Kier molecular flexibility index (Phi) is 4.77. The maximum Gasteiger partial charge on any atom is 0.494 e. The average molecular weight is 512 g/mol. The average Bonchev–Trinajstić information content (AvgIpc) is 3.42.